The molecule has 0 spiro atoms. The number of morpholine rings is 1. The number of aryl methyl sites for hydroxylation is 1. The molecule has 2 heterocycles. The number of amides is 1. The van der Waals surface area contributed by atoms with Gasteiger partial charge in [-0.15, -0.1) is 0 Å². The van der Waals surface area contributed by atoms with Crippen molar-refractivity contribution < 1.29 is 19.4 Å². The minimum absolute atomic E-state index is 0.147. The summed E-state index contributed by atoms with van der Waals surface area (Å²) in [7, 11) is 1.74. The molecule has 1 aromatic rings. The molecule has 1 saturated heterocycles. The first kappa shape index (κ1) is 14.5. The van der Waals surface area contributed by atoms with Gasteiger partial charge in [0.25, 0.3) is 0 Å². The summed E-state index contributed by atoms with van der Waals surface area (Å²) in [6.07, 6.45) is 3.07. The summed E-state index contributed by atoms with van der Waals surface area (Å²) >= 11 is 0. The molecule has 20 heavy (non-hydrogen) atoms. The summed E-state index contributed by atoms with van der Waals surface area (Å²) in [5.74, 6) is -1.26. The van der Waals surface area contributed by atoms with Crippen LogP contribution < -0.4 is 5.73 Å². The highest BCUT2D eigenvalue weighted by Crippen LogP contribution is 2.18. The largest absolute Gasteiger partial charge is 0.481 e. The van der Waals surface area contributed by atoms with Crippen LogP contribution in [0.25, 0.3) is 0 Å². The summed E-state index contributed by atoms with van der Waals surface area (Å²) in [5.41, 5.74) is 6.55. The Labute approximate surface area is 116 Å². The molecule has 2 atom stereocenters. The molecule has 1 amide bonds. The Morgan fingerprint density at radius 1 is 1.65 bits per heavy atom. The van der Waals surface area contributed by atoms with Gasteiger partial charge in [0.15, 0.2) is 0 Å². The zero-order valence-electron chi connectivity index (χ0n) is 11.2. The van der Waals surface area contributed by atoms with E-state index in [-0.39, 0.29) is 18.9 Å². The molecule has 3 N–H and O–H groups in total. The quantitative estimate of drug-likeness (QED) is 0.742. The second-order valence-corrected chi connectivity index (χ2v) is 4.78. The van der Waals surface area contributed by atoms with Crippen molar-refractivity contribution in [2.75, 3.05) is 19.8 Å². The SMILES string of the molecule is Cn1cc(C(N)C(=O)N2CCOCC2CC(=O)O)cn1. The lowest BCUT2D eigenvalue weighted by Gasteiger charge is -2.36. The Hall–Kier alpha value is -1.93. The van der Waals surface area contributed by atoms with Gasteiger partial charge in [-0.2, -0.15) is 5.10 Å². The minimum Gasteiger partial charge on any atom is -0.481 e. The number of hydrogen-bond acceptors (Lipinski definition) is 5. The van der Waals surface area contributed by atoms with Gasteiger partial charge >= 0.3 is 5.97 Å². The molecule has 2 unspecified atom stereocenters. The smallest absolute Gasteiger partial charge is 0.305 e. The zero-order valence-corrected chi connectivity index (χ0v) is 11.2. The number of ether oxygens (including phenoxy) is 1. The molecule has 1 aromatic heterocycles. The van der Waals surface area contributed by atoms with E-state index in [0.717, 1.165) is 0 Å². The third-order valence-electron chi connectivity index (χ3n) is 3.27. The molecule has 8 heteroatoms. The van der Waals surface area contributed by atoms with Gasteiger partial charge in [-0.25, -0.2) is 0 Å². The monoisotopic (exact) mass is 282 g/mol. The number of carboxylic acid groups (broad SMARTS) is 1. The highest BCUT2D eigenvalue weighted by molar-refractivity contribution is 5.84. The van der Waals surface area contributed by atoms with E-state index in [2.05, 4.69) is 5.10 Å². The second kappa shape index (κ2) is 6.02. The Balaban J connectivity index is 2.10. The fourth-order valence-electron chi connectivity index (χ4n) is 2.24. The van der Waals surface area contributed by atoms with E-state index in [1.54, 1.807) is 17.9 Å². The lowest BCUT2D eigenvalue weighted by molar-refractivity contribution is -0.147. The van der Waals surface area contributed by atoms with Gasteiger partial charge in [-0.05, 0) is 0 Å². The Morgan fingerprint density at radius 2 is 2.40 bits per heavy atom. The van der Waals surface area contributed by atoms with Gasteiger partial charge < -0.3 is 20.5 Å². The first-order valence-electron chi connectivity index (χ1n) is 6.33. The first-order chi connectivity index (χ1) is 9.49. The summed E-state index contributed by atoms with van der Waals surface area (Å²) in [5, 5.41) is 12.9. The molecule has 1 aliphatic rings. The van der Waals surface area contributed by atoms with Crippen molar-refractivity contribution >= 4 is 11.9 Å². The van der Waals surface area contributed by atoms with Gasteiger partial charge in [0.1, 0.15) is 6.04 Å². The van der Waals surface area contributed by atoms with Crippen molar-refractivity contribution in [1.29, 1.82) is 0 Å². The average molecular weight is 282 g/mol. The molecule has 0 aromatic carbocycles. The van der Waals surface area contributed by atoms with E-state index < -0.39 is 18.1 Å². The third-order valence-corrected chi connectivity index (χ3v) is 3.27. The van der Waals surface area contributed by atoms with Crippen LogP contribution in [-0.2, 0) is 21.4 Å². The van der Waals surface area contributed by atoms with Crippen molar-refractivity contribution in [2.24, 2.45) is 12.8 Å². The van der Waals surface area contributed by atoms with Crippen molar-refractivity contribution in [3.63, 3.8) is 0 Å². The molecule has 0 aliphatic carbocycles. The van der Waals surface area contributed by atoms with Crippen LogP contribution in [-0.4, -0.2) is 57.5 Å². The minimum atomic E-state index is -0.965. The van der Waals surface area contributed by atoms with Crippen LogP contribution in [0, 0.1) is 0 Å². The standard InChI is InChI=1S/C12H18N4O4/c1-15-6-8(5-14-15)11(13)12(19)16-2-3-20-7-9(16)4-10(17)18/h5-6,9,11H,2-4,7,13H2,1H3,(H,17,18). The van der Waals surface area contributed by atoms with Crippen LogP contribution in [0.5, 0.6) is 0 Å². The topological polar surface area (TPSA) is 111 Å². The predicted octanol–water partition coefficient (Wildman–Crippen LogP) is -0.878. The number of nitrogens with two attached hydrogens (primary N) is 1. The highest BCUT2D eigenvalue weighted by Gasteiger charge is 2.32. The average Bonchev–Trinajstić information content (AvgIpc) is 2.84. The second-order valence-electron chi connectivity index (χ2n) is 4.78. The summed E-state index contributed by atoms with van der Waals surface area (Å²) in [4.78, 5) is 24.8. The Bertz CT molecular complexity index is 501. The normalized spacial score (nSPS) is 20.7. The van der Waals surface area contributed by atoms with Gasteiger partial charge in [0, 0.05) is 25.4 Å². The van der Waals surface area contributed by atoms with Crippen molar-refractivity contribution in [3.8, 4) is 0 Å². The Kier molecular flexibility index (Phi) is 4.35. The first-order valence-corrected chi connectivity index (χ1v) is 6.33. The molecule has 1 aliphatic heterocycles. The van der Waals surface area contributed by atoms with Crippen LogP contribution in [0.1, 0.15) is 18.0 Å². The number of carbonyl (C=O) groups is 2. The molecule has 0 radical (unpaired) electrons. The maximum Gasteiger partial charge on any atom is 0.305 e. The number of rotatable bonds is 4. The molecule has 110 valence electrons. The van der Waals surface area contributed by atoms with E-state index in [4.69, 9.17) is 15.6 Å². The fraction of sp³-hybridized carbons (Fsp3) is 0.583. The van der Waals surface area contributed by atoms with Gasteiger partial charge in [-0.1, -0.05) is 0 Å². The number of aliphatic carboxylic acids is 1. The molecule has 8 nitrogen and oxygen atoms in total. The van der Waals surface area contributed by atoms with Gasteiger partial charge in [0.05, 0.1) is 31.9 Å². The van der Waals surface area contributed by atoms with E-state index in [1.807, 2.05) is 0 Å². The molecule has 1 fully saturated rings. The summed E-state index contributed by atoms with van der Waals surface area (Å²) in [6, 6.07) is -1.31. The summed E-state index contributed by atoms with van der Waals surface area (Å²) < 4.78 is 6.80. The number of hydrogen-bond donors (Lipinski definition) is 2. The van der Waals surface area contributed by atoms with Crippen molar-refractivity contribution in [3.05, 3.63) is 18.0 Å². The maximum absolute atomic E-state index is 12.4. The summed E-state index contributed by atoms with van der Waals surface area (Å²) in [6.45, 7) is 0.962. The van der Waals surface area contributed by atoms with Gasteiger partial charge in [-0.3, -0.25) is 14.3 Å². The number of nitrogens with zero attached hydrogens (tertiary/aromatic N) is 3. The Morgan fingerprint density at radius 3 is 3.00 bits per heavy atom. The molecule has 0 bridgehead atoms. The zero-order chi connectivity index (χ0) is 14.7. The van der Waals surface area contributed by atoms with E-state index >= 15 is 0 Å². The van der Waals surface area contributed by atoms with Crippen LogP contribution in [0.15, 0.2) is 12.4 Å². The van der Waals surface area contributed by atoms with E-state index in [1.165, 1.54) is 11.1 Å². The van der Waals surface area contributed by atoms with E-state index in [9.17, 15) is 9.59 Å². The molecular weight excluding hydrogens is 264 g/mol. The number of carboxylic acids is 1. The third kappa shape index (κ3) is 3.14. The maximum atomic E-state index is 12.4. The van der Waals surface area contributed by atoms with Crippen LogP contribution in [0.2, 0.25) is 0 Å². The van der Waals surface area contributed by atoms with Crippen molar-refractivity contribution in [2.45, 2.75) is 18.5 Å². The highest BCUT2D eigenvalue weighted by atomic mass is 16.5. The van der Waals surface area contributed by atoms with E-state index in [0.29, 0.717) is 18.7 Å². The van der Waals surface area contributed by atoms with Crippen LogP contribution in [0.4, 0.5) is 0 Å². The molecule has 2 rings (SSSR count). The van der Waals surface area contributed by atoms with Gasteiger partial charge in [0.2, 0.25) is 5.91 Å². The van der Waals surface area contributed by atoms with Crippen LogP contribution in [0.3, 0.4) is 0 Å². The fourth-order valence-corrected chi connectivity index (χ4v) is 2.24. The van der Waals surface area contributed by atoms with Crippen molar-refractivity contribution in [1.82, 2.24) is 14.7 Å². The lowest BCUT2D eigenvalue weighted by Crippen LogP contribution is -2.52. The number of aromatic nitrogens is 2. The lowest BCUT2D eigenvalue weighted by atomic mass is 10.1. The molecule has 0 saturated carbocycles. The predicted molar refractivity (Wildman–Crippen MR) is 68.7 cm³/mol. The van der Waals surface area contributed by atoms with Crippen LogP contribution >= 0.6 is 0 Å². The number of carbonyl (C=O) groups excluding carboxylic acids is 1. The molecular formula is C12H18N4O4.